The van der Waals surface area contributed by atoms with Gasteiger partial charge >= 0.3 is 27.2 Å². The molecule has 5 heteroatoms. The van der Waals surface area contributed by atoms with Crippen LogP contribution in [0, 0.1) is 7.14 Å². The maximum atomic E-state index is 11.3. The van der Waals surface area contributed by atoms with E-state index in [1.165, 1.54) is 7.11 Å². The lowest BCUT2D eigenvalue weighted by atomic mass is 10.2. The van der Waals surface area contributed by atoms with Gasteiger partial charge in [0.25, 0.3) is 0 Å². The van der Waals surface area contributed by atoms with Crippen LogP contribution >= 0.6 is 0 Å². The third-order valence-corrected chi connectivity index (χ3v) is 5.53. The van der Waals surface area contributed by atoms with Gasteiger partial charge in [0.2, 0.25) is 3.57 Å². The molecule has 0 bridgehead atoms. The second-order valence-corrected chi connectivity index (χ2v) is 6.85. The Balaban J connectivity index is 2.29. The highest BCUT2D eigenvalue weighted by Crippen LogP contribution is 2.12. The number of carboxylic acid groups (broad SMARTS) is 1. The molecule has 0 unspecified atom stereocenters. The Morgan fingerprint density at radius 2 is 1.60 bits per heavy atom. The Bertz CT molecular complexity index is 608. The average Bonchev–Trinajstić information content (AvgIpc) is 2.48. The summed E-state index contributed by atoms with van der Waals surface area (Å²) in [5.41, 5.74) is 0.313. The van der Waals surface area contributed by atoms with Crippen LogP contribution in [0.3, 0.4) is 0 Å². The van der Waals surface area contributed by atoms with Crippen molar-refractivity contribution in [3.63, 3.8) is 0 Å². The summed E-state index contributed by atoms with van der Waals surface area (Å²) >= 11 is -0.555. The third-order valence-electron chi connectivity index (χ3n) is 2.66. The summed E-state index contributed by atoms with van der Waals surface area (Å²) in [6, 6.07) is 12.9. The van der Waals surface area contributed by atoms with E-state index >= 15 is 0 Å². The highest BCUT2D eigenvalue weighted by atomic mass is 127. The molecular formula is C15H14IO4+. The first-order valence-corrected chi connectivity index (χ1v) is 8.00. The van der Waals surface area contributed by atoms with Gasteiger partial charge in [0, 0.05) is 0 Å². The molecule has 0 aliphatic heterocycles. The zero-order valence-corrected chi connectivity index (χ0v) is 13.2. The second kappa shape index (κ2) is 6.60. The number of methoxy groups -OCH3 is 2. The molecule has 0 fully saturated rings. The zero-order valence-electron chi connectivity index (χ0n) is 11.1. The van der Waals surface area contributed by atoms with Crippen molar-refractivity contribution >= 4 is 5.97 Å². The van der Waals surface area contributed by atoms with E-state index in [2.05, 4.69) is 0 Å². The Hall–Kier alpha value is -1.76. The fraction of sp³-hybridized carbons (Fsp3) is 0.133. The van der Waals surface area contributed by atoms with Gasteiger partial charge in [0.15, 0.2) is 3.57 Å². The lowest BCUT2D eigenvalue weighted by Gasteiger charge is -2.01. The minimum absolute atomic E-state index is 0.313. The third kappa shape index (κ3) is 3.41. The predicted octanol–water partition coefficient (Wildman–Crippen LogP) is -0.470. The van der Waals surface area contributed by atoms with Gasteiger partial charge in [-0.1, -0.05) is 0 Å². The van der Waals surface area contributed by atoms with E-state index in [1.807, 2.05) is 30.3 Å². The van der Waals surface area contributed by atoms with Crippen molar-refractivity contribution in [3.05, 3.63) is 55.2 Å². The van der Waals surface area contributed by atoms with Crippen molar-refractivity contribution in [1.29, 1.82) is 0 Å². The highest BCUT2D eigenvalue weighted by Gasteiger charge is 2.24. The molecule has 0 radical (unpaired) electrons. The number of hydrogen-bond donors (Lipinski definition) is 1. The number of carboxylic acids is 1. The van der Waals surface area contributed by atoms with Crippen molar-refractivity contribution in [1.82, 2.24) is 0 Å². The number of carbonyl (C=O) groups is 1. The summed E-state index contributed by atoms with van der Waals surface area (Å²) in [5, 5.41) is 9.29. The van der Waals surface area contributed by atoms with Gasteiger partial charge in [0.05, 0.1) is 14.2 Å². The summed E-state index contributed by atoms with van der Waals surface area (Å²) < 4.78 is 12.2. The zero-order chi connectivity index (χ0) is 14.5. The van der Waals surface area contributed by atoms with E-state index in [0.717, 1.165) is 12.9 Å². The summed E-state index contributed by atoms with van der Waals surface area (Å²) in [4.78, 5) is 11.3. The van der Waals surface area contributed by atoms with Crippen molar-refractivity contribution in [2.75, 3.05) is 14.2 Å². The molecule has 0 atom stereocenters. The smallest absolute Gasteiger partial charge is 0.358 e. The molecule has 104 valence electrons. The molecule has 1 N–H and O–H groups in total. The first-order valence-electron chi connectivity index (χ1n) is 5.84. The van der Waals surface area contributed by atoms with Gasteiger partial charge in [-0.15, -0.1) is 0 Å². The lowest BCUT2D eigenvalue weighted by molar-refractivity contribution is -0.597. The van der Waals surface area contributed by atoms with Crippen LogP contribution in [-0.2, 0) is 0 Å². The van der Waals surface area contributed by atoms with Crippen LogP contribution in [-0.4, -0.2) is 25.3 Å². The second-order valence-electron chi connectivity index (χ2n) is 3.90. The summed E-state index contributed by atoms with van der Waals surface area (Å²) in [6.07, 6.45) is 0. The maximum absolute atomic E-state index is 11.3. The quantitative estimate of drug-likeness (QED) is 0.708. The van der Waals surface area contributed by atoms with Crippen LogP contribution < -0.4 is 30.7 Å². The molecule has 0 spiro atoms. The molecule has 4 nitrogen and oxygen atoms in total. The number of hydrogen-bond acceptors (Lipinski definition) is 3. The largest absolute Gasteiger partial charge is 0.497 e. The fourth-order valence-electron chi connectivity index (χ4n) is 1.63. The summed E-state index contributed by atoms with van der Waals surface area (Å²) in [5.74, 6) is 0.433. The first kappa shape index (κ1) is 14.6. The topological polar surface area (TPSA) is 55.8 Å². The Labute approximate surface area is 127 Å². The van der Waals surface area contributed by atoms with Crippen LogP contribution in [0.5, 0.6) is 11.5 Å². The minimum atomic E-state index is -0.924. The van der Waals surface area contributed by atoms with E-state index in [4.69, 9.17) is 9.47 Å². The predicted molar refractivity (Wildman–Crippen MR) is 70.3 cm³/mol. The highest BCUT2D eigenvalue weighted by molar-refractivity contribution is 5.87. The Morgan fingerprint density at radius 1 is 1.00 bits per heavy atom. The van der Waals surface area contributed by atoms with Crippen LogP contribution in [0.15, 0.2) is 42.5 Å². The van der Waals surface area contributed by atoms with Crippen molar-refractivity contribution in [2.45, 2.75) is 0 Å². The van der Waals surface area contributed by atoms with E-state index in [-0.39, 0.29) is 0 Å². The first-order chi connectivity index (χ1) is 9.63. The van der Waals surface area contributed by atoms with Gasteiger partial charge in [-0.25, -0.2) is 4.79 Å². The number of aromatic carboxylic acids is 1. The van der Waals surface area contributed by atoms with Gasteiger partial charge in [-0.05, 0) is 42.5 Å². The van der Waals surface area contributed by atoms with Gasteiger partial charge < -0.3 is 14.6 Å². The summed E-state index contributed by atoms with van der Waals surface area (Å²) in [6.45, 7) is 0. The molecule has 0 aliphatic rings. The van der Waals surface area contributed by atoms with E-state index < -0.39 is 27.2 Å². The van der Waals surface area contributed by atoms with E-state index in [9.17, 15) is 9.90 Å². The number of benzene rings is 2. The normalized spacial score (nSPS) is 10.1. The van der Waals surface area contributed by atoms with Crippen molar-refractivity contribution in [3.8, 4) is 11.5 Å². The molecule has 0 heterocycles. The molecular weight excluding hydrogens is 371 g/mol. The van der Waals surface area contributed by atoms with Crippen molar-refractivity contribution < 1.29 is 40.6 Å². The fourth-order valence-corrected chi connectivity index (χ4v) is 4.06. The minimum Gasteiger partial charge on any atom is -0.497 e. The number of ether oxygens (including phenoxy) is 2. The van der Waals surface area contributed by atoms with Gasteiger partial charge in [-0.2, -0.15) is 0 Å². The molecule has 0 saturated heterocycles. The number of halogens is 1. The number of rotatable bonds is 5. The molecule has 20 heavy (non-hydrogen) atoms. The Morgan fingerprint density at radius 3 is 2.15 bits per heavy atom. The van der Waals surface area contributed by atoms with Crippen molar-refractivity contribution in [2.24, 2.45) is 0 Å². The molecule has 2 aromatic carbocycles. The molecule has 0 amide bonds. The van der Waals surface area contributed by atoms with E-state index in [1.54, 1.807) is 19.2 Å². The lowest BCUT2D eigenvalue weighted by Crippen LogP contribution is -3.61. The molecule has 0 saturated carbocycles. The summed E-state index contributed by atoms with van der Waals surface area (Å²) in [7, 11) is 3.15. The molecule has 0 aliphatic carbocycles. The molecule has 2 rings (SSSR count). The average molecular weight is 385 g/mol. The van der Waals surface area contributed by atoms with Gasteiger partial charge in [-0.3, -0.25) is 0 Å². The van der Waals surface area contributed by atoms with Crippen LogP contribution in [0.4, 0.5) is 0 Å². The van der Waals surface area contributed by atoms with Gasteiger partial charge in [0.1, 0.15) is 17.1 Å². The molecule has 2 aromatic rings. The van der Waals surface area contributed by atoms with Crippen LogP contribution in [0.2, 0.25) is 0 Å². The standard InChI is InChI=1S/C15H13IO4/c1-19-11-5-3-10(4-6-11)16-14-8-7-12(20-2)9-13(14)15(17)18/h3-9H,1-2H3/p+1. The maximum Gasteiger partial charge on any atom is 0.358 e. The molecule has 0 aromatic heterocycles. The van der Waals surface area contributed by atoms with Crippen LogP contribution in [0.1, 0.15) is 10.4 Å². The van der Waals surface area contributed by atoms with E-state index in [0.29, 0.717) is 11.3 Å². The Kier molecular flexibility index (Phi) is 4.84. The monoisotopic (exact) mass is 385 g/mol. The van der Waals surface area contributed by atoms with Crippen LogP contribution in [0.25, 0.3) is 0 Å². The SMILES string of the molecule is COc1ccc([I+]c2ccc(OC)cc2C(=O)O)cc1.